The van der Waals surface area contributed by atoms with Gasteiger partial charge in [0.2, 0.25) is 0 Å². The van der Waals surface area contributed by atoms with Crippen molar-refractivity contribution in [2.24, 2.45) is 0 Å². The predicted molar refractivity (Wildman–Crippen MR) is 50.0 cm³/mol. The standard InChI is InChI=1S/C9H10N4/c10-8-2-4-11-9(6-8)7-13-5-1-3-12-13/h1-6H,7H2,(H2,10,11). The Kier molecular flexibility index (Phi) is 1.96. The highest BCUT2D eigenvalue weighted by molar-refractivity contribution is 5.37. The van der Waals surface area contributed by atoms with E-state index >= 15 is 0 Å². The van der Waals surface area contributed by atoms with Crippen LogP contribution in [-0.2, 0) is 6.54 Å². The van der Waals surface area contributed by atoms with Crippen molar-refractivity contribution in [1.29, 1.82) is 0 Å². The van der Waals surface area contributed by atoms with Crippen LogP contribution in [0.3, 0.4) is 0 Å². The predicted octanol–water partition coefficient (Wildman–Crippen LogP) is 0.909. The van der Waals surface area contributed by atoms with E-state index in [0.717, 1.165) is 11.4 Å². The van der Waals surface area contributed by atoms with E-state index in [9.17, 15) is 0 Å². The molecule has 0 radical (unpaired) electrons. The van der Waals surface area contributed by atoms with E-state index < -0.39 is 0 Å². The van der Waals surface area contributed by atoms with Crippen LogP contribution in [0, 0.1) is 0 Å². The number of aromatic nitrogens is 3. The number of nitrogens with zero attached hydrogens (tertiary/aromatic N) is 3. The molecule has 0 aliphatic carbocycles. The smallest absolute Gasteiger partial charge is 0.0832 e. The molecule has 0 saturated carbocycles. The maximum Gasteiger partial charge on any atom is 0.0832 e. The molecule has 0 aromatic carbocycles. The average molecular weight is 174 g/mol. The van der Waals surface area contributed by atoms with Crippen molar-refractivity contribution < 1.29 is 0 Å². The van der Waals surface area contributed by atoms with Gasteiger partial charge >= 0.3 is 0 Å². The molecule has 0 bridgehead atoms. The maximum absolute atomic E-state index is 5.62. The van der Waals surface area contributed by atoms with Gasteiger partial charge in [0.05, 0.1) is 12.2 Å². The van der Waals surface area contributed by atoms with Gasteiger partial charge in [0.15, 0.2) is 0 Å². The molecular weight excluding hydrogens is 164 g/mol. The lowest BCUT2D eigenvalue weighted by atomic mass is 10.3. The third-order valence-corrected chi connectivity index (χ3v) is 1.72. The molecule has 0 aliphatic rings. The summed E-state index contributed by atoms with van der Waals surface area (Å²) < 4.78 is 1.81. The van der Waals surface area contributed by atoms with Gasteiger partial charge in [-0.3, -0.25) is 9.67 Å². The SMILES string of the molecule is Nc1ccnc(Cn2cccn2)c1. The van der Waals surface area contributed by atoms with E-state index in [1.165, 1.54) is 0 Å². The number of anilines is 1. The summed E-state index contributed by atoms with van der Waals surface area (Å²) in [5.41, 5.74) is 7.27. The molecule has 2 aromatic rings. The van der Waals surface area contributed by atoms with Crippen molar-refractivity contribution in [2.45, 2.75) is 6.54 Å². The number of nitrogens with two attached hydrogens (primary N) is 1. The van der Waals surface area contributed by atoms with E-state index in [0.29, 0.717) is 6.54 Å². The summed E-state index contributed by atoms with van der Waals surface area (Å²) in [7, 11) is 0. The first-order valence-corrected chi connectivity index (χ1v) is 4.02. The molecule has 2 N–H and O–H groups in total. The van der Waals surface area contributed by atoms with Gasteiger partial charge in [0.1, 0.15) is 0 Å². The molecule has 2 aromatic heterocycles. The summed E-state index contributed by atoms with van der Waals surface area (Å²) >= 11 is 0. The number of hydrogen-bond acceptors (Lipinski definition) is 3. The highest BCUT2D eigenvalue weighted by atomic mass is 15.3. The zero-order valence-electron chi connectivity index (χ0n) is 7.09. The Morgan fingerprint density at radius 2 is 2.31 bits per heavy atom. The van der Waals surface area contributed by atoms with Crippen molar-refractivity contribution in [3.05, 3.63) is 42.5 Å². The first kappa shape index (κ1) is 7.79. The Morgan fingerprint density at radius 1 is 1.38 bits per heavy atom. The molecule has 4 heteroatoms. The number of nitrogen functional groups attached to an aromatic ring is 1. The van der Waals surface area contributed by atoms with E-state index in [1.54, 1.807) is 18.5 Å². The molecule has 0 saturated heterocycles. The first-order valence-electron chi connectivity index (χ1n) is 4.02. The molecule has 0 amide bonds. The molecule has 66 valence electrons. The van der Waals surface area contributed by atoms with Crippen LogP contribution in [0.4, 0.5) is 5.69 Å². The molecule has 13 heavy (non-hydrogen) atoms. The van der Waals surface area contributed by atoms with Gasteiger partial charge in [-0.1, -0.05) is 0 Å². The lowest BCUT2D eigenvalue weighted by Gasteiger charge is -2.01. The quantitative estimate of drug-likeness (QED) is 0.736. The molecule has 0 aliphatic heterocycles. The Labute approximate surface area is 76.0 Å². The third kappa shape index (κ3) is 1.84. The van der Waals surface area contributed by atoms with Crippen molar-refractivity contribution in [1.82, 2.24) is 14.8 Å². The summed E-state index contributed by atoms with van der Waals surface area (Å²) in [5, 5.41) is 4.08. The van der Waals surface area contributed by atoms with Crippen molar-refractivity contribution in [3.63, 3.8) is 0 Å². The second kappa shape index (κ2) is 3.26. The van der Waals surface area contributed by atoms with Gasteiger partial charge < -0.3 is 5.73 Å². The molecule has 2 heterocycles. The normalized spacial score (nSPS) is 10.2. The second-order valence-corrected chi connectivity index (χ2v) is 2.78. The minimum atomic E-state index is 0.665. The number of hydrogen-bond donors (Lipinski definition) is 1. The summed E-state index contributed by atoms with van der Waals surface area (Å²) in [6.45, 7) is 0.665. The zero-order chi connectivity index (χ0) is 9.10. The Hall–Kier alpha value is -1.84. The first-order chi connectivity index (χ1) is 6.34. The van der Waals surface area contributed by atoms with Crippen LogP contribution in [0.25, 0.3) is 0 Å². The second-order valence-electron chi connectivity index (χ2n) is 2.78. The fourth-order valence-corrected chi connectivity index (χ4v) is 1.14. The van der Waals surface area contributed by atoms with Crippen molar-refractivity contribution in [2.75, 3.05) is 5.73 Å². The van der Waals surface area contributed by atoms with Crippen LogP contribution < -0.4 is 5.73 Å². The minimum absolute atomic E-state index is 0.665. The van der Waals surface area contributed by atoms with Crippen LogP contribution >= 0.6 is 0 Å². The third-order valence-electron chi connectivity index (χ3n) is 1.72. The van der Waals surface area contributed by atoms with E-state index in [4.69, 9.17) is 5.73 Å². The largest absolute Gasteiger partial charge is 0.399 e. The lowest BCUT2D eigenvalue weighted by molar-refractivity contribution is 0.673. The topological polar surface area (TPSA) is 56.7 Å². The van der Waals surface area contributed by atoms with E-state index in [1.807, 2.05) is 23.0 Å². The Morgan fingerprint density at radius 3 is 3.00 bits per heavy atom. The Balaban J connectivity index is 2.19. The highest BCUT2D eigenvalue weighted by Crippen LogP contribution is 2.03. The van der Waals surface area contributed by atoms with Crippen LogP contribution in [0.2, 0.25) is 0 Å². The van der Waals surface area contributed by atoms with Gasteiger partial charge in [0, 0.05) is 24.3 Å². The van der Waals surface area contributed by atoms with Gasteiger partial charge in [0.25, 0.3) is 0 Å². The average Bonchev–Trinajstić information content (AvgIpc) is 2.57. The summed E-state index contributed by atoms with van der Waals surface area (Å²) in [6.07, 6.45) is 5.34. The van der Waals surface area contributed by atoms with Gasteiger partial charge in [-0.2, -0.15) is 5.10 Å². The van der Waals surface area contributed by atoms with Crippen molar-refractivity contribution in [3.8, 4) is 0 Å². The minimum Gasteiger partial charge on any atom is -0.399 e. The van der Waals surface area contributed by atoms with E-state index in [-0.39, 0.29) is 0 Å². The molecule has 0 atom stereocenters. The van der Waals surface area contributed by atoms with Crippen molar-refractivity contribution >= 4 is 5.69 Å². The molecule has 2 rings (SSSR count). The lowest BCUT2D eigenvalue weighted by Crippen LogP contribution is -2.02. The van der Waals surface area contributed by atoms with Crippen LogP contribution in [0.1, 0.15) is 5.69 Å². The highest BCUT2D eigenvalue weighted by Gasteiger charge is 1.96. The maximum atomic E-state index is 5.62. The Bertz CT molecular complexity index is 380. The summed E-state index contributed by atoms with van der Waals surface area (Å²) in [6, 6.07) is 5.50. The summed E-state index contributed by atoms with van der Waals surface area (Å²) in [5.74, 6) is 0. The molecule has 4 nitrogen and oxygen atoms in total. The monoisotopic (exact) mass is 174 g/mol. The van der Waals surface area contributed by atoms with Crippen LogP contribution in [-0.4, -0.2) is 14.8 Å². The molecule has 0 fully saturated rings. The van der Waals surface area contributed by atoms with E-state index in [2.05, 4.69) is 10.1 Å². The van der Waals surface area contributed by atoms with Gasteiger partial charge in [-0.15, -0.1) is 0 Å². The molecule has 0 spiro atoms. The fraction of sp³-hybridized carbons (Fsp3) is 0.111. The number of pyridine rings is 1. The van der Waals surface area contributed by atoms with Crippen LogP contribution in [0.5, 0.6) is 0 Å². The summed E-state index contributed by atoms with van der Waals surface area (Å²) in [4.78, 5) is 4.17. The molecular formula is C9H10N4. The van der Waals surface area contributed by atoms with Gasteiger partial charge in [-0.05, 0) is 18.2 Å². The molecule has 0 unspecified atom stereocenters. The number of rotatable bonds is 2. The van der Waals surface area contributed by atoms with Crippen LogP contribution in [0.15, 0.2) is 36.8 Å². The zero-order valence-corrected chi connectivity index (χ0v) is 7.09. The van der Waals surface area contributed by atoms with Gasteiger partial charge in [-0.25, -0.2) is 0 Å². The fourth-order valence-electron chi connectivity index (χ4n) is 1.14.